The Balaban J connectivity index is 1.37. The summed E-state index contributed by atoms with van der Waals surface area (Å²) in [6.45, 7) is 3.00. The van der Waals surface area contributed by atoms with Gasteiger partial charge in [-0.25, -0.2) is 4.98 Å². The molecule has 3 N–H and O–H groups in total. The number of aromatic amines is 1. The van der Waals surface area contributed by atoms with Crippen LogP contribution in [0.1, 0.15) is 20.1 Å². The predicted molar refractivity (Wildman–Crippen MR) is 121 cm³/mol. The van der Waals surface area contributed by atoms with Crippen LogP contribution in [0, 0.1) is 0 Å². The SMILES string of the molecule is CC1(C)OC2C(CO)OC(n3cnc4c(=O)[nH]c(NC(=O)COc5ccc(Br)cc5)nc43)C2O1. The Labute approximate surface area is 201 Å². The van der Waals surface area contributed by atoms with E-state index in [9.17, 15) is 14.7 Å². The Bertz CT molecular complexity index is 1270. The predicted octanol–water partition coefficient (Wildman–Crippen LogP) is 1.31. The van der Waals surface area contributed by atoms with Crippen LogP contribution < -0.4 is 15.6 Å². The van der Waals surface area contributed by atoms with Gasteiger partial charge in [0.2, 0.25) is 5.95 Å². The molecule has 0 aliphatic carbocycles. The van der Waals surface area contributed by atoms with Crippen molar-refractivity contribution in [3.8, 4) is 5.75 Å². The van der Waals surface area contributed by atoms with Gasteiger partial charge in [0.05, 0.1) is 12.9 Å². The maximum Gasteiger partial charge on any atom is 0.280 e. The number of aromatic nitrogens is 4. The van der Waals surface area contributed by atoms with Gasteiger partial charge in [-0.2, -0.15) is 4.98 Å². The van der Waals surface area contributed by atoms with Crippen LogP contribution in [0.2, 0.25) is 0 Å². The first-order chi connectivity index (χ1) is 16.2. The number of amides is 1. The van der Waals surface area contributed by atoms with Crippen molar-refractivity contribution in [1.29, 1.82) is 0 Å². The van der Waals surface area contributed by atoms with Crippen LogP contribution in [0.25, 0.3) is 11.2 Å². The van der Waals surface area contributed by atoms with E-state index in [4.69, 9.17) is 18.9 Å². The lowest BCUT2D eigenvalue weighted by Crippen LogP contribution is -2.31. The highest BCUT2D eigenvalue weighted by atomic mass is 79.9. The molecule has 0 radical (unpaired) electrons. The van der Waals surface area contributed by atoms with Gasteiger partial charge < -0.3 is 24.1 Å². The van der Waals surface area contributed by atoms with Crippen molar-refractivity contribution in [3.63, 3.8) is 0 Å². The van der Waals surface area contributed by atoms with Gasteiger partial charge in [0.15, 0.2) is 29.8 Å². The fourth-order valence-electron chi connectivity index (χ4n) is 4.05. The van der Waals surface area contributed by atoms with E-state index in [0.29, 0.717) is 5.75 Å². The zero-order valence-corrected chi connectivity index (χ0v) is 19.8. The summed E-state index contributed by atoms with van der Waals surface area (Å²) in [6, 6.07) is 7.01. The summed E-state index contributed by atoms with van der Waals surface area (Å²) in [4.78, 5) is 35.9. The van der Waals surface area contributed by atoms with E-state index in [0.717, 1.165) is 4.47 Å². The van der Waals surface area contributed by atoms with E-state index in [2.05, 4.69) is 36.2 Å². The first-order valence-corrected chi connectivity index (χ1v) is 11.3. The van der Waals surface area contributed by atoms with Gasteiger partial charge in [0.1, 0.15) is 24.1 Å². The maximum absolute atomic E-state index is 12.6. The Kier molecular flexibility index (Phi) is 5.90. The lowest BCUT2D eigenvalue weighted by atomic mass is 10.1. The molecule has 0 saturated carbocycles. The van der Waals surface area contributed by atoms with Crippen molar-refractivity contribution in [3.05, 3.63) is 45.4 Å². The molecule has 5 rings (SSSR count). The Hall–Kier alpha value is -2.84. The summed E-state index contributed by atoms with van der Waals surface area (Å²) in [5, 5.41) is 12.3. The number of fused-ring (bicyclic) bond motifs is 2. The number of aliphatic hydroxyl groups is 1. The van der Waals surface area contributed by atoms with Crippen LogP contribution in [-0.4, -0.2) is 67.8 Å². The van der Waals surface area contributed by atoms with E-state index in [1.54, 1.807) is 38.1 Å². The number of aliphatic hydroxyl groups excluding tert-OH is 1. The Morgan fingerprint density at radius 1 is 1.29 bits per heavy atom. The third-order valence-electron chi connectivity index (χ3n) is 5.45. The molecule has 13 heteroatoms. The zero-order chi connectivity index (χ0) is 24.0. The van der Waals surface area contributed by atoms with E-state index in [-0.39, 0.29) is 30.3 Å². The summed E-state index contributed by atoms with van der Waals surface area (Å²) in [5.41, 5.74) is -0.288. The van der Waals surface area contributed by atoms with Crippen molar-refractivity contribution < 1.29 is 28.8 Å². The van der Waals surface area contributed by atoms with Crippen LogP contribution >= 0.6 is 15.9 Å². The molecule has 4 atom stereocenters. The monoisotopic (exact) mass is 535 g/mol. The molecule has 34 heavy (non-hydrogen) atoms. The number of anilines is 1. The number of nitrogens with zero attached hydrogens (tertiary/aromatic N) is 3. The average molecular weight is 536 g/mol. The van der Waals surface area contributed by atoms with E-state index < -0.39 is 41.8 Å². The quantitative estimate of drug-likeness (QED) is 0.424. The first-order valence-electron chi connectivity index (χ1n) is 10.5. The maximum atomic E-state index is 12.6. The van der Waals surface area contributed by atoms with Crippen molar-refractivity contribution >= 4 is 38.9 Å². The Morgan fingerprint density at radius 3 is 2.76 bits per heavy atom. The molecule has 4 heterocycles. The summed E-state index contributed by atoms with van der Waals surface area (Å²) in [6.07, 6.45) is -1.01. The van der Waals surface area contributed by atoms with Gasteiger partial charge in [-0.3, -0.25) is 24.5 Å². The Morgan fingerprint density at radius 2 is 2.03 bits per heavy atom. The summed E-state index contributed by atoms with van der Waals surface area (Å²) in [7, 11) is 0. The molecule has 2 saturated heterocycles. The van der Waals surface area contributed by atoms with E-state index >= 15 is 0 Å². The minimum atomic E-state index is -0.861. The molecule has 0 bridgehead atoms. The molecule has 12 nitrogen and oxygen atoms in total. The molecule has 3 aromatic rings. The van der Waals surface area contributed by atoms with Crippen LogP contribution in [0.15, 0.2) is 39.9 Å². The van der Waals surface area contributed by atoms with Crippen molar-refractivity contribution in [2.75, 3.05) is 18.5 Å². The number of carbonyl (C=O) groups is 1. The molecule has 0 spiro atoms. The first kappa shape index (κ1) is 22.9. The molecule has 2 fully saturated rings. The van der Waals surface area contributed by atoms with Gasteiger partial charge in [-0.05, 0) is 38.1 Å². The number of ether oxygens (including phenoxy) is 4. The van der Waals surface area contributed by atoms with Crippen LogP contribution in [-0.2, 0) is 19.0 Å². The minimum absolute atomic E-state index is 0.0647. The lowest BCUT2D eigenvalue weighted by Gasteiger charge is -2.24. The van der Waals surface area contributed by atoms with Gasteiger partial charge in [0.25, 0.3) is 11.5 Å². The molecule has 2 aliphatic heterocycles. The number of carbonyl (C=O) groups excluding carboxylic acids is 1. The molecular weight excluding hydrogens is 514 g/mol. The van der Waals surface area contributed by atoms with Crippen LogP contribution in [0.5, 0.6) is 5.75 Å². The van der Waals surface area contributed by atoms with Crippen molar-refractivity contribution in [2.24, 2.45) is 0 Å². The minimum Gasteiger partial charge on any atom is -0.484 e. The highest BCUT2D eigenvalue weighted by molar-refractivity contribution is 9.10. The highest BCUT2D eigenvalue weighted by Crippen LogP contribution is 2.43. The van der Waals surface area contributed by atoms with Gasteiger partial charge in [-0.15, -0.1) is 0 Å². The second-order valence-electron chi connectivity index (χ2n) is 8.34. The summed E-state index contributed by atoms with van der Waals surface area (Å²) in [5.74, 6) is -0.925. The third kappa shape index (κ3) is 4.32. The zero-order valence-electron chi connectivity index (χ0n) is 18.2. The van der Waals surface area contributed by atoms with E-state index in [1.165, 1.54) is 10.9 Å². The lowest BCUT2D eigenvalue weighted by molar-refractivity contribution is -0.199. The second kappa shape index (κ2) is 8.74. The summed E-state index contributed by atoms with van der Waals surface area (Å²) >= 11 is 3.33. The third-order valence-corrected chi connectivity index (χ3v) is 5.98. The fraction of sp³-hybridized carbons (Fsp3) is 0.429. The summed E-state index contributed by atoms with van der Waals surface area (Å²) < 4.78 is 25.7. The smallest absolute Gasteiger partial charge is 0.280 e. The normalized spacial score (nSPS) is 25.4. The number of imidazole rings is 1. The number of H-pyrrole nitrogens is 1. The second-order valence-corrected chi connectivity index (χ2v) is 9.26. The number of hydrogen-bond donors (Lipinski definition) is 3. The molecule has 1 aromatic carbocycles. The number of nitrogens with one attached hydrogen (secondary N) is 2. The molecule has 2 aliphatic rings. The molecule has 180 valence electrons. The fourth-order valence-corrected chi connectivity index (χ4v) is 4.31. The van der Waals surface area contributed by atoms with Crippen molar-refractivity contribution in [1.82, 2.24) is 19.5 Å². The molecular formula is C21H22BrN5O7. The topological polar surface area (TPSA) is 150 Å². The standard InChI is InChI=1S/C21H22BrN5O7/c1-21(2)33-15-12(7-28)32-19(16(15)34-21)27-9-23-14-17(27)25-20(26-18(14)30)24-13(29)8-31-11-5-3-10(22)4-6-11/h3-6,9,12,15-16,19,28H,7-8H2,1-2H3,(H2,24,25,26,29,30). The number of rotatable bonds is 6. The molecule has 4 unspecified atom stereocenters. The molecule has 1 amide bonds. The van der Waals surface area contributed by atoms with Crippen LogP contribution in [0.3, 0.4) is 0 Å². The highest BCUT2D eigenvalue weighted by Gasteiger charge is 2.56. The van der Waals surface area contributed by atoms with Gasteiger partial charge in [-0.1, -0.05) is 15.9 Å². The van der Waals surface area contributed by atoms with E-state index in [1.807, 2.05) is 0 Å². The molecule has 2 aromatic heterocycles. The average Bonchev–Trinajstić information content (AvgIpc) is 3.44. The number of benzene rings is 1. The largest absolute Gasteiger partial charge is 0.484 e. The van der Waals surface area contributed by atoms with Gasteiger partial charge >= 0.3 is 0 Å². The number of halogens is 1. The number of hydrogen-bond acceptors (Lipinski definition) is 9. The van der Waals surface area contributed by atoms with Crippen LogP contribution in [0.4, 0.5) is 5.95 Å². The van der Waals surface area contributed by atoms with Crippen molar-refractivity contribution in [2.45, 2.75) is 44.2 Å². The van der Waals surface area contributed by atoms with Gasteiger partial charge in [0, 0.05) is 4.47 Å².